The molecule has 3 N–H and O–H groups in total. The molecule has 0 radical (unpaired) electrons. The normalized spacial score (nSPS) is 13.6. The largest absolute Gasteiger partial charge is 0.481 e. The van der Waals surface area contributed by atoms with Crippen molar-refractivity contribution in [2.24, 2.45) is 5.73 Å². The van der Waals surface area contributed by atoms with Gasteiger partial charge in [-0.25, -0.2) is 0 Å². The van der Waals surface area contributed by atoms with Crippen molar-refractivity contribution >= 4 is 5.97 Å². The summed E-state index contributed by atoms with van der Waals surface area (Å²) >= 11 is 0. The van der Waals surface area contributed by atoms with Gasteiger partial charge in [0.15, 0.2) is 0 Å². The number of benzene rings is 2. The summed E-state index contributed by atoms with van der Waals surface area (Å²) in [6.07, 6.45) is 2.48. The third kappa shape index (κ3) is 2.83. The van der Waals surface area contributed by atoms with E-state index >= 15 is 0 Å². The lowest BCUT2D eigenvalue weighted by Crippen LogP contribution is -2.11. The molecule has 1 unspecified atom stereocenters. The first-order valence-corrected chi connectivity index (χ1v) is 7.33. The average Bonchev–Trinajstić information content (AvgIpc) is 2.84. The van der Waals surface area contributed by atoms with Crippen molar-refractivity contribution in [3.63, 3.8) is 0 Å². The van der Waals surface area contributed by atoms with Crippen LogP contribution in [0.3, 0.4) is 0 Å². The lowest BCUT2D eigenvalue weighted by molar-refractivity contribution is -0.137. The monoisotopic (exact) mass is 281 g/mol. The summed E-state index contributed by atoms with van der Waals surface area (Å²) in [5.74, 6) is -0.759. The SMILES string of the molecule is NC(CCCC(=O)O)c1ccc2c(c1)-c1ccccc1C2. The molecular formula is C18H19NO2. The molecule has 21 heavy (non-hydrogen) atoms. The number of hydrogen-bond acceptors (Lipinski definition) is 2. The Morgan fingerprint density at radius 3 is 2.71 bits per heavy atom. The van der Waals surface area contributed by atoms with Crippen LogP contribution < -0.4 is 5.73 Å². The Balaban J connectivity index is 1.80. The first kappa shape index (κ1) is 13.8. The Kier molecular flexibility index (Phi) is 3.76. The molecule has 0 fully saturated rings. The summed E-state index contributed by atoms with van der Waals surface area (Å²) in [5.41, 5.74) is 12.6. The molecule has 1 aliphatic rings. The van der Waals surface area contributed by atoms with E-state index in [0.717, 1.165) is 12.0 Å². The fourth-order valence-corrected chi connectivity index (χ4v) is 3.01. The minimum absolute atomic E-state index is 0.0950. The van der Waals surface area contributed by atoms with E-state index in [1.54, 1.807) is 0 Å². The van der Waals surface area contributed by atoms with Gasteiger partial charge in [-0.3, -0.25) is 4.79 Å². The number of fused-ring (bicyclic) bond motifs is 3. The molecule has 0 saturated heterocycles. The number of carboxylic acid groups (broad SMARTS) is 1. The van der Waals surface area contributed by atoms with E-state index in [-0.39, 0.29) is 12.5 Å². The summed E-state index contributed by atoms with van der Waals surface area (Å²) in [4.78, 5) is 10.6. The highest BCUT2D eigenvalue weighted by Gasteiger charge is 2.19. The van der Waals surface area contributed by atoms with Crippen molar-refractivity contribution in [1.29, 1.82) is 0 Å². The smallest absolute Gasteiger partial charge is 0.303 e. The van der Waals surface area contributed by atoms with Gasteiger partial charge >= 0.3 is 5.97 Å². The molecule has 0 amide bonds. The zero-order valence-corrected chi connectivity index (χ0v) is 11.9. The Morgan fingerprint density at radius 2 is 1.90 bits per heavy atom. The molecule has 0 spiro atoms. The highest BCUT2D eigenvalue weighted by Crippen LogP contribution is 2.37. The minimum atomic E-state index is -0.759. The zero-order chi connectivity index (χ0) is 14.8. The number of carbonyl (C=O) groups is 1. The lowest BCUT2D eigenvalue weighted by Gasteiger charge is -2.13. The number of carboxylic acids is 1. The van der Waals surface area contributed by atoms with E-state index < -0.39 is 5.97 Å². The lowest BCUT2D eigenvalue weighted by atomic mass is 9.96. The third-order valence-electron chi connectivity index (χ3n) is 4.16. The van der Waals surface area contributed by atoms with Gasteiger partial charge in [0.05, 0.1) is 0 Å². The van der Waals surface area contributed by atoms with Crippen LogP contribution in [0.5, 0.6) is 0 Å². The van der Waals surface area contributed by atoms with Crippen molar-refractivity contribution in [1.82, 2.24) is 0 Å². The summed E-state index contributed by atoms with van der Waals surface area (Å²) in [6.45, 7) is 0. The molecule has 0 aliphatic heterocycles. The second-order valence-electron chi connectivity index (χ2n) is 5.64. The van der Waals surface area contributed by atoms with Crippen LogP contribution >= 0.6 is 0 Å². The number of aliphatic carboxylic acids is 1. The van der Waals surface area contributed by atoms with E-state index in [1.165, 1.54) is 22.3 Å². The van der Waals surface area contributed by atoms with Crippen molar-refractivity contribution in [2.75, 3.05) is 0 Å². The van der Waals surface area contributed by atoms with Gasteiger partial charge in [-0.05, 0) is 53.1 Å². The van der Waals surface area contributed by atoms with E-state index in [4.69, 9.17) is 10.8 Å². The molecule has 3 rings (SSSR count). The standard InChI is InChI=1S/C18H19NO2/c19-17(6-3-7-18(20)21)14-9-8-13-10-12-4-1-2-5-15(12)16(13)11-14/h1-2,4-5,8-9,11,17H,3,6-7,10,19H2,(H,20,21). The van der Waals surface area contributed by atoms with Crippen LogP contribution in [0.25, 0.3) is 11.1 Å². The van der Waals surface area contributed by atoms with E-state index in [0.29, 0.717) is 12.8 Å². The Hall–Kier alpha value is -2.13. The van der Waals surface area contributed by atoms with Gasteiger partial charge in [-0.2, -0.15) is 0 Å². The Bertz CT molecular complexity index is 679. The second kappa shape index (κ2) is 5.70. The van der Waals surface area contributed by atoms with Crippen molar-refractivity contribution in [2.45, 2.75) is 31.7 Å². The van der Waals surface area contributed by atoms with Gasteiger partial charge < -0.3 is 10.8 Å². The highest BCUT2D eigenvalue weighted by atomic mass is 16.4. The van der Waals surface area contributed by atoms with Gasteiger partial charge in [0.1, 0.15) is 0 Å². The number of hydrogen-bond donors (Lipinski definition) is 2. The van der Waals surface area contributed by atoms with Crippen LogP contribution in [0.2, 0.25) is 0 Å². The maximum absolute atomic E-state index is 10.6. The first-order chi connectivity index (χ1) is 10.1. The molecule has 1 atom stereocenters. The molecule has 3 heteroatoms. The van der Waals surface area contributed by atoms with Crippen LogP contribution in [0.1, 0.15) is 42.0 Å². The molecule has 0 bridgehead atoms. The fraction of sp³-hybridized carbons (Fsp3) is 0.278. The van der Waals surface area contributed by atoms with Crippen LogP contribution in [-0.4, -0.2) is 11.1 Å². The number of nitrogens with two attached hydrogens (primary N) is 1. The van der Waals surface area contributed by atoms with Crippen LogP contribution in [0.4, 0.5) is 0 Å². The van der Waals surface area contributed by atoms with E-state index in [2.05, 4.69) is 42.5 Å². The topological polar surface area (TPSA) is 63.3 Å². The molecule has 0 heterocycles. The van der Waals surface area contributed by atoms with Crippen LogP contribution in [-0.2, 0) is 11.2 Å². The summed E-state index contributed by atoms with van der Waals surface area (Å²) in [7, 11) is 0. The van der Waals surface area contributed by atoms with E-state index in [1.807, 2.05) is 0 Å². The van der Waals surface area contributed by atoms with Crippen molar-refractivity contribution in [3.8, 4) is 11.1 Å². The quantitative estimate of drug-likeness (QED) is 0.752. The molecule has 0 aromatic heterocycles. The van der Waals surface area contributed by atoms with Crippen LogP contribution in [0, 0.1) is 0 Å². The Labute approximate surface area is 124 Å². The van der Waals surface area contributed by atoms with Crippen molar-refractivity contribution < 1.29 is 9.90 Å². The molecule has 108 valence electrons. The van der Waals surface area contributed by atoms with Gasteiger partial charge in [-0.15, -0.1) is 0 Å². The van der Waals surface area contributed by atoms with Gasteiger partial charge in [0, 0.05) is 12.5 Å². The van der Waals surface area contributed by atoms with Gasteiger partial charge in [0.2, 0.25) is 0 Å². The summed E-state index contributed by atoms with van der Waals surface area (Å²) in [5, 5.41) is 8.69. The first-order valence-electron chi connectivity index (χ1n) is 7.33. The molecule has 3 nitrogen and oxygen atoms in total. The third-order valence-corrected chi connectivity index (χ3v) is 4.16. The predicted molar refractivity (Wildman–Crippen MR) is 83.1 cm³/mol. The molecule has 1 aliphatic carbocycles. The molecule has 0 saturated carbocycles. The van der Waals surface area contributed by atoms with Gasteiger partial charge in [-0.1, -0.05) is 36.4 Å². The van der Waals surface area contributed by atoms with E-state index in [9.17, 15) is 4.79 Å². The maximum atomic E-state index is 10.6. The summed E-state index contributed by atoms with van der Waals surface area (Å²) < 4.78 is 0. The number of rotatable bonds is 5. The highest BCUT2D eigenvalue weighted by molar-refractivity contribution is 5.77. The maximum Gasteiger partial charge on any atom is 0.303 e. The fourth-order valence-electron chi connectivity index (χ4n) is 3.01. The molecule has 2 aromatic rings. The minimum Gasteiger partial charge on any atom is -0.481 e. The van der Waals surface area contributed by atoms with Crippen molar-refractivity contribution in [3.05, 3.63) is 59.2 Å². The summed E-state index contributed by atoms with van der Waals surface area (Å²) in [6, 6.07) is 14.8. The predicted octanol–water partition coefficient (Wildman–Crippen LogP) is 3.51. The molecular weight excluding hydrogens is 262 g/mol. The zero-order valence-electron chi connectivity index (χ0n) is 11.9. The second-order valence-corrected chi connectivity index (χ2v) is 5.64. The van der Waals surface area contributed by atoms with Crippen LogP contribution in [0.15, 0.2) is 42.5 Å². The average molecular weight is 281 g/mol. The van der Waals surface area contributed by atoms with Gasteiger partial charge in [0.25, 0.3) is 0 Å². The Morgan fingerprint density at radius 1 is 1.14 bits per heavy atom. The molecule has 2 aromatic carbocycles.